The van der Waals surface area contributed by atoms with E-state index in [1.54, 1.807) is 18.2 Å². The maximum absolute atomic E-state index is 13.7. The molecule has 1 unspecified atom stereocenters. The molecule has 0 aliphatic carbocycles. The Labute approximate surface area is 109 Å². The Morgan fingerprint density at radius 3 is 2.44 bits per heavy atom. The molecule has 0 radical (unpaired) electrons. The van der Waals surface area contributed by atoms with E-state index < -0.39 is 17.2 Å². The van der Waals surface area contributed by atoms with E-state index in [-0.39, 0.29) is 5.56 Å². The Balaban J connectivity index is 2.57. The van der Waals surface area contributed by atoms with E-state index in [1.165, 1.54) is 25.1 Å². The van der Waals surface area contributed by atoms with Crippen LogP contribution in [0.25, 0.3) is 0 Å². The van der Waals surface area contributed by atoms with Crippen molar-refractivity contribution in [1.29, 1.82) is 0 Å². The monoisotopic (exact) mass is 268 g/mol. The molecule has 0 saturated heterocycles. The van der Waals surface area contributed by atoms with Crippen molar-refractivity contribution >= 4 is 11.6 Å². The second kappa shape index (κ2) is 4.67. The number of halogens is 3. The summed E-state index contributed by atoms with van der Waals surface area (Å²) in [6.07, 6.45) is 0. The maximum atomic E-state index is 13.7. The van der Waals surface area contributed by atoms with Gasteiger partial charge in [-0.2, -0.15) is 0 Å². The van der Waals surface area contributed by atoms with Crippen LogP contribution in [0.3, 0.4) is 0 Å². The summed E-state index contributed by atoms with van der Waals surface area (Å²) in [5.41, 5.74) is -1.36. The first-order valence-electron chi connectivity index (χ1n) is 5.36. The van der Waals surface area contributed by atoms with Crippen LogP contribution in [0.2, 0.25) is 5.02 Å². The van der Waals surface area contributed by atoms with E-state index in [1.807, 2.05) is 0 Å². The van der Waals surface area contributed by atoms with E-state index in [0.717, 1.165) is 6.07 Å². The van der Waals surface area contributed by atoms with Crippen molar-refractivity contribution in [2.75, 3.05) is 0 Å². The SMILES string of the molecule is CC(O)(c1cccc(Cl)c1)c1cccc(F)c1F. The molecule has 0 saturated carbocycles. The van der Waals surface area contributed by atoms with Gasteiger partial charge in [0.1, 0.15) is 5.60 Å². The molecule has 0 bridgehead atoms. The number of hydrogen-bond donors (Lipinski definition) is 1. The fraction of sp³-hybridized carbons (Fsp3) is 0.143. The van der Waals surface area contributed by atoms with Gasteiger partial charge in [-0.3, -0.25) is 0 Å². The average Bonchev–Trinajstić information content (AvgIpc) is 2.32. The fourth-order valence-corrected chi connectivity index (χ4v) is 2.02. The van der Waals surface area contributed by atoms with Gasteiger partial charge in [0.2, 0.25) is 0 Å². The smallest absolute Gasteiger partial charge is 0.165 e. The minimum Gasteiger partial charge on any atom is -0.381 e. The van der Waals surface area contributed by atoms with Crippen LogP contribution in [-0.4, -0.2) is 5.11 Å². The topological polar surface area (TPSA) is 20.2 Å². The summed E-state index contributed by atoms with van der Waals surface area (Å²) in [6.45, 7) is 1.40. The van der Waals surface area contributed by atoms with Crippen molar-refractivity contribution in [3.63, 3.8) is 0 Å². The van der Waals surface area contributed by atoms with Crippen molar-refractivity contribution in [2.45, 2.75) is 12.5 Å². The molecule has 18 heavy (non-hydrogen) atoms. The highest BCUT2D eigenvalue weighted by Crippen LogP contribution is 2.32. The van der Waals surface area contributed by atoms with E-state index in [0.29, 0.717) is 10.6 Å². The maximum Gasteiger partial charge on any atom is 0.165 e. The van der Waals surface area contributed by atoms with Crippen molar-refractivity contribution in [3.8, 4) is 0 Å². The third kappa shape index (κ3) is 2.24. The molecule has 0 amide bonds. The second-order valence-electron chi connectivity index (χ2n) is 4.18. The van der Waals surface area contributed by atoms with Crippen molar-refractivity contribution < 1.29 is 13.9 Å². The van der Waals surface area contributed by atoms with Crippen LogP contribution < -0.4 is 0 Å². The van der Waals surface area contributed by atoms with Crippen LogP contribution in [0.4, 0.5) is 8.78 Å². The van der Waals surface area contributed by atoms with Gasteiger partial charge in [0.05, 0.1) is 0 Å². The molecule has 1 atom stereocenters. The number of aliphatic hydroxyl groups is 1. The number of benzene rings is 2. The summed E-state index contributed by atoms with van der Waals surface area (Å²) >= 11 is 5.83. The molecule has 0 aromatic heterocycles. The van der Waals surface area contributed by atoms with Crippen LogP contribution in [0.1, 0.15) is 18.1 Å². The summed E-state index contributed by atoms with van der Waals surface area (Å²) in [4.78, 5) is 0. The lowest BCUT2D eigenvalue weighted by Crippen LogP contribution is -2.24. The van der Waals surface area contributed by atoms with E-state index >= 15 is 0 Å². The Kier molecular flexibility index (Phi) is 3.37. The Bertz CT molecular complexity index is 582. The van der Waals surface area contributed by atoms with Gasteiger partial charge in [-0.1, -0.05) is 35.9 Å². The molecule has 2 aromatic rings. The van der Waals surface area contributed by atoms with Gasteiger partial charge in [0, 0.05) is 10.6 Å². The van der Waals surface area contributed by atoms with E-state index in [4.69, 9.17) is 11.6 Å². The molecule has 0 heterocycles. The molecular formula is C14H11ClF2O. The van der Waals surface area contributed by atoms with Gasteiger partial charge < -0.3 is 5.11 Å². The predicted molar refractivity (Wildman–Crippen MR) is 66.5 cm³/mol. The quantitative estimate of drug-likeness (QED) is 0.876. The Morgan fingerprint density at radius 1 is 1.11 bits per heavy atom. The van der Waals surface area contributed by atoms with E-state index in [2.05, 4.69) is 0 Å². The van der Waals surface area contributed by atoms with Gasteiger partial charge >= 0.3 is 0 Å². The van der Waals surface area contributed by atoms with Gasteiger partial charge in [0.15, 0.2) is 11.6 Å². The molecule has 2 aromatic carbocycles. The van der Waals surface area contributed by atoms with Gasteiger partial charge in [-0.25, -0.2) is 8.78 Å². The minimum absolute atomic E-state index is 0.121. The lowest BCUT2D eigenvalue weighted by Gasteiger charge is -2.25. The van der Waals surface area contributed by atoms with Gasteiger partial charge in [0.25, 0.3) is 0 Å². The lowest BCUT2D eigenvalue weighted by atomic mass is 9.88. The fourth-order valence-electron chi connectivity index (χ4n) is 1.83. The highest BCUT2D eigenvalue weighted by atomic mass is 35.5. The van der Waals surface area contributed by atoms with Crippen LogP contribution in [0.15, 0.2) is 42.5 Å². The summed E-state index contributed by atoms with van der Waals surface area (Å²) in [5, 5.41) is 10.8. The number of hydrogen-bond acceptors (Lipinski definition) is 1. The summed E-state index contributed by atoms with van der Waals surface area (Å²) in [6, 6.07) is 10.1. The first-order valence-corrected chi connectivity index (χ1v) is 5.73. The molecule has 0 aliphatic heterocycles. The Hall–Kier alpha value is -1.45. The predicted octanol–water partition coefficient (Wildman–Crippen LogP) is 3.87. The zero-order valence-corrected chi connectivity index (χ0v) is 10.4. The summed E-state index contributed by atoms with van der Waals surface area (Å²) in [5.74, 6) is -2.04. The van der Waals surface area contributed by atoms with Crippen molar-refractivity contribution in [3.05, 3.63) is 70.2 Å². The first-order chi connectivity index (χ1) is 8.43. The Morgan fingerprint density at radius 2 is 1.78 bits per heavy atom. The summed E-state index contributed by atoms with van der Waals surface area (Å²) < 4.78 is 26.9. The third-order valence-corrected chi connectivity index (χ3v) is 3.10. The molecule has 1 N–H and O–H groups in total. The average molecular weight is 269 g/mol. The van der Waals surface area contributed by atoms with Crippen LogP contribution in [0.5, 0.6) is 0 Å². The first kappa shape index (κ1) is 13.0. The van der Waals surface area contributed by atoms with Crippen LogP contribution in [0, 0.1) is 11.6 Å². The largest absolute Gasteiger partial charge is 0.381 e. The minimum atomic E-state index is -1.64. The molecule has 94 valence electrons. The molecule has 2 rings (SSSR count). The molecular weight excluding hydrogens is 258 g/mol. The zero-order chi connectivity index (χ0) is 13.3. The van der Waals surface area contributed by atoms with Crippen molar-refractivity contribution in [1.82, 2.24) is 0 Å². The highest BCUT2D eigenvalue weighted by molar-refractivity contribution is 6.30. The van der Waals surface area contributed by atoms with Gasteiger partial charge in [-0.05, 0) is 30.7 Å². The van der Waals surface area contributed by atoms with Gasteiger partial charge in [-0.15, -0.1) is 0 Å². The second-order valence-corrected chi connectivity index (χ2v) is 4.62. The molecule has 0 aliphatic rings. The normalized spacial score (nSPS) is 14.3. The van der Waals surface area contributed by atoms with Crippen LogP contribution in [-0.2, 0) is 5.60 Å². The lowest BCUT2D eigenvalue weighted by molar-refractivity contribution is 0.0970. The molecule has 1 nitrogen and oxygen atoms in total. The van der Waals surface area contributed by atoms with E-state index in [9.17, 15) is 13.9 Å². The highest BCUT2D eigenvalue weighted by Gasteiger charge is 2.30. The third-order valence-electron chi connectivity index (χ3n) is 2.86. The van der Waals surface area contributed by atoms with Crippen molar-refractivity contribution in [2.24, 2.45) is 0 Å². The standard InChI is InChI=1S/C14H11ClF2O/c1-14(18,9-4-2-5-10(15)8-9)11-6-3-7-12(16)13(11)17/h2-8,18H,1H3. The molecule has 4 heteroatoms. The zero-order valence-electron chi connectivity index (χ0n) is 9.62. The summed E-state index contributed by atoms with van der Waals surface area (Å²) in [7, 11) is 0. The number of rotatable bonds is 2. The molecule has 0 fully saturated rings. The van der Waals surface area contributed by atoms with Crippen LogP contribution >= 0.6 is 11.6 Å². The molecule has 0 spiro atoms.